The fourth-order valence-electron chi connectivity index (χ4n) is 2.06. The molecule has 0 bridgehead atoms. The van der Waals surface area contributed by atoms with Gasteiger partial charge in [-0.2, -0.15) is 0 Å². The summed E-state index contributed by atoms with van der Waals surface area (Å²) in [5.74, 6) is -1.66. The number of aryl methyl sites for hydroxylation is 1. The molecular weight excluding hydrogens is 296 g/mol. The van der Waals surface area contributed by atoms with Crippen LogP contribution in [0.3, 0.4) is 0 Å². The lowest BCUT2D eigenvalue weighted by molar-refractivity contribution is -0.138. The van der Waals surface area contributed by atoms with Gasteiger partial charge >= 0.3 is 5.97 Å². The third-order valence-corrected chi connectivity index (χ3v) is 3.37. The van der Waals surface area contributed by atoms with Crippen LogP contribution in [0.1, 0.15) is 44.4 Å². The second-order valence-corrected chi connectivity index (χ2v) is 6.51. The number of carbonyl (C=O) groups is 3. The lowest BCUT2D eigenvalue weighted by atomic mass is 9.96. The average molecular weight is 320 g/mol. The molecule has 3 N–H and O–H groups in total. The Balaban J connectivity index is 2.75. The molecule has 23 heavy (non-hydrogen) atoms. The molecule has 6 heteroatoms. The van der Waals surface area contributed by atoms with E-state index in [0.717, 1.165) is 11.1 Å². The summed E-state index contributed by atoms with van der Waals surface area (Å²) in [4.78, 5) is 34.9. The normalized spacial score (nSPS) is 12.3. The first-order chi connectivity index (χ1) is 10.6. The minimum Gasteiger partial charge on any atom is -0.481 e. The molecule has 126 valence electrons. The topological polar surface area (TPSA) is 95.5 Å². The van der Waals surface area contributed by atoms with E-state index in [1.54, 1.807) is 32.9 Å². The van der Waals surface area contributed by atoms with Gasteiger partial charge in [-0.1, -0.05) is 45.0 Å². The van der Waals surface area contributed by atoms with E-state index in [1.807, 2.05) is 19.1 Å². The number of rotatable bonds is 6. The van der Waals surface area contributed by atoms with Crippen molar-refractivity contribution in [3.8, 4) is 0 Å². The summed E-state index contributed by atoms with van der Waals surface area (Å²) < 4.78 is 0. The predicted molar refractivity (Wildman–Crippen MR) is 86.8 cm³/mol. The van der Waals surface area contributed by atoms with Gasteiger partial charge in [-0.05, 0) is 18.1 Å². The first-order valence-electron chi connectivity index (χ1n) is 7.46. The van der Waals surface area contributed by atoms with Crippen molar-refractivity contribution < 1.29 is 19.5 Å². The molecule has 0 heterocycles. The third-order valence-electron chi connectivity index (χ3n) is 3.37. The molecule has 6 nitrogen and oxygen atoms in total. The van der Waals surface area contributed by atoms with Gasteiger partial charge in [0.15, 0.2) is 0 Å². The van der Waals surface area contributed by atoms with Crippen molar-refractivity contribution >= 4 is 17.8 Å². The Hall–Kier alpha value is -2.37. The zero-order valence-electron chi connectivity index (χ0n) is 14.0. The summed E-state index contributed by atoms with van der Waals surface area (Å²) in [6, 6.07) is 6.66. The fraction of sp³-hybridized carbons (Fsp3) is 0.471. The van der Waals surface area contributed by atoms with Crippen LogP contribution in [0.15, 0.2) is 24.3 Å². The summed E-state index contributed by atoms with van der Waals surface area (Å²) in [7, 11) is 0. The van der Waals surface area contributed by atoms with Crippen molar-refractivity contribution in [1.29, 1.82) is 0 Å². The van der Waals surface area contributed by atoms with E-state index in [1.165, 1.54) is 0 Å². The summed E-state index contributed by atoms with van der Waals surface area (Å²) in [5, 5.41) is 14.3. The van der Waals surface area contributed by atoms with Crippen molar-refractivity contribution in [1.82, 2.24) is 10.6 Å². The summed E-state index contributed by atoms with van der Waals surface area (Å²) in [6.07, 6.45) is -0.218. The first-order valence-corrected chi connectivity index (χ1v) is 7.46. The Bertz CT molecular complexity index is 591. The van der Waals surface area contributed by atoms with Crippen molar-refractivity contribution in [2.24, 2.45) is 5.41 Å². The maximum Gasteiger partial charge on any atom is 0.305 e. The van der Waals surface area contributed by atoms with Gasteiger partial charge in [0.05, 0.1) is 19.0 Å². The predicted octanol–water partition coefficient (Wildman–Crippen LogP) is 1.79. The number of aliphatic carboxylic acids is 1. The van der Waals surface area contributed by atoms with E-state index in [0.29, 0.717) is 0 Å². The van der Waals surface area contributed by atoms with Crippen LogP contribution in [0.4, 0.5) is 0 Å². The van der Waals surface area contributed by atoms with Crippen molar-refractivity contribution in [2.45, 2.75) is 40.2 Å². The van der Waals surface area contributed by atoms with Gasteiger partial charge in [0.2, 0.25) is 11.8 Å². The largest absolute Gasteiger partial charge is 0.481 e. The highest BCUT2D eigenvalue weighted by molar-refractivity contribution is 5.87. The SMILES string of the molecule is Cc1ccccc1C(CC(=O)O)NC(=O)CNC(=O)C(C)(C)C. The molecule has 0 aromatic heterocycles. The van der Waals surface area contributed by atoms with E-state index in [2.05, 4.69) is 10.6 Å². The molecule has 1 atom stereocenters. The Morgan fingerprint density at radius 2 is 1.78 bits per heavy atom. The van der Waals surface area contributed by atoms with Crippen LogP contribution in [0.2, 0.25) is 0 Å². The van der Waals surface area contributed by atoms with E-state index in [4.69, 9.17) is 5.11 Å². The zero-order valence-corrected chi connectivity index (χ0v) is 14.0. The number of hydrogen-bond acceptors (Lipinski definition) is 3. The molecule has 0 aliphatic heterocycles. The molecule has 0 spiro atoms. The van der Waals surface area contributed by atoms with Crippen LogP contribution in [-0.4, -0.2) is 29.4 Å². The number of nitrogens with one attached hydrogen (secondary N) is 2. The number of amides is 2. The third kappa shape index (κ3) is 6.10. The highest BCUT2D eigenvalue weighted by Crippen LogP contribution is 2.20. The van der Waals surface area contributed by atoms with Crippen molar-refractivity contribution in [3.63, 3.8) is 0 Å². The van der Waals surface area contributed by atoms with Gasteiger partial charge in [0, 0.05) is 5.41 Å². The second kappa shape index (κ2) is 7.76. The maximum absolute atomic E-state index is 12.0. The quantitative estimate of drug-likeness (QED) is 0.744. The van der Waals surface area contributed by atoms with Crippen LogP contribution in [0.25, 0.3) is 0 Å². The number of carboxylic acids is 1. The van der Waals surface area contributed by atoms with E-state index >= 15 is 0 Å². The van der Waals surface area contributed by atoms with E-state index in [-0.39, 0.29) is 18.9 Å². The molecule has 1 aromatic carbocycles. The van der Waals surface area contributed by atoms with Gasteiger partial charge in [-0.25, -0.2) is 0 Å². The number of carboxylic acid groups (broad SMARTS) is 1. The fourth-order valence-corrected chi connectivity index (χ4v) is 2.06. The molecule has 1 aromatic rings. The molecule has 0 saturated carbocycles. The van der Waals surface area contributed by atoms with Gasteiger partial charge in [0.1, 0.15) is 0 Å². The summed E-state index contributed by atoms with van der Waals surface area (Å²) >= 11 is 0. The van der Waals surface area contributed by atoms with Gasteiger partial charge in [-0.3, -0.25) is 14.4 Å². The second-order valence-electron chi connectivity index (χ2n) is 6.51. The Morgan fingerprint density at radius 3 is 2.30 bits per heavy atom. The smallest absolute Gasteiger partial charge is 0.305 e. The van der Waals surface area contributed by atoms with Crippen molar-refractivity contribution in [3.05, 3.63) is 35.4 Å². The average Bonchev–Trinajstić information content (AvgIpc) is 2.43. The van der Waals surface area contributed by atoms with E-state index in [9.17, 15) is 14.4 Å². The van der Waals surface area contributed by atoms with Crippen LogP contribution in [0.5, 0.6) is 0 Å². The maximum atomic E-state index is 12.0. The zero-order chi connectivity index (χ0) is 17.6. The highest BCUT2D eigenvalue weighted by atomic mass is 16.4. The monoisotopic (exact) mass is 320 g/mol. The number of benzene rings is 1. The molecule has 0 saturated heterocycles. The first kappa shape index (κ1) is 18.7. The van der Waals surface area contributed by atoms with Crippen LogP contribution >= 0.6 is 0 Å². The Morgan fingerprint density at radius 1 is 1.17 bits per heavy atom. The molecule has 0 aliphatic rings. The number of carbonyl (C=O) groups excluding carboxylic acids is 2. The minimum atomic E-state index is -1.00. The Labute approximate surface area is 136 Å². The molecule has 0 radical (unpaired) electrons. The standard InChI is InChI=1S/C17H24N2O4/c1-11-7-5-6-8-12(11)13(9-15(21)22)19-14(20)10-18-16(23)17(2,3)4/h5-8,13H,9-10H2,1-4H3,(H,18,23)(H,19,20)(H,21,22). The lowest BCUT2D eigenvalue weighted by Crippen LogP contribution is -2.43. The van der Waals surface area contributed by atoms with Gasteiger partial charge < -0.3 is 15.7 Å². The molecule has 0 aliphatic carbocycles. The van der Waals surface area contributed by atoms with Crippen LogP contribution < -0.4 is 10.6 Å². The van der Waals surface area contributed by atoms with Crippen molar-refractivity contribution in [2.75, 3.05) is 6.54 Å². The molecule has 2 amide bonds. The summed E-state index contributed by atoms with van der Waals surface area (Å²) in [6.45, 7) is 6.93. The summed E-state index contributed by atoms with van der Waals surface area (Å²) in [5.41, 5.74) is 1.07. The molecule has 1 rings (SSSR count). The van der Waals surface area contributed by atoms with Gasteiger partial charge in [0.25, 0.3) is 0 Å². The minimum absolute atomic E-state index is 0.182. The van der Waals surface area contributed by atoms with Crippen LogP contribution in [0, 0.1) is 12.3 Å². The number of hydrogen-bond donors (Lipinski definition) is 3. The highest BCUT2D eigenvalue weighted by Gasteiger charge is 2.23. The van der Waals surface area contributed by atoms with Gasteiger partial charge in [-0.15, -0.1) is 0 Å². The van der Waals surface area contributed by atoms with Crippen LogP contribution in [-0.2, 0) is 14.4 Å². The lowest BCUT2D eigenvalue weighted by Gasteiger charge is -2.21. The Kier molecular flexibility index (Phi) is 6.30. The molecule has 1 unspecified atom stereocenters. The van der Waals surface area contributed by atoms with E-state index < -0.39 is 23.3 Å². The molecule has 0 fully saturated rings. The molecular formula is C17H24N2O4.